The summed E-state index contributed by atoms with van der Waals surface area (Å²) in [5, 5.41) is 0. The van der Waals surface area contributed by atoms with E-state index < -0.39 is 10.0 Å². The van der Waals surface area contributed by atoms with Crippen LogP contribution < -0.4 is 0 Å². The van der Waals surface area contributed by atoms with E-state index in [1.54, 1.807) is 30.3 Å². The van der Waals surface area contributed by atoms with Gasteiger partial charge in [-0.2, -0.15) is 0 Å². The fourth-order valence-corrected chi connectivity index (χ4v) is 1.43. The zero-order valence-electron chi connectivity index (χ0n) is 6.10. The van der Waals surface area contributed by atoms with E-state index in [2.05, 4.69) is 4.36 Å². The molecule has 0 fully saturated rings. The van der Waals surface area contributed by atoms with E-state index in [4.69, 9.17) is 4.55 Å². The molecule has 0 radical (unpaired) electrons. The Morgan fingerprint density at radius 3 is 2.36 bits per heavy atom. The minimum absolute atomic E-state index is 0.350. The van der Waals surface area contributed by atoms with Gasteiger partial charge in [-0.05, 0) is 12.1 Å². The first-order chi connectivity index (χ1) is 5.17. The summed E-state index contributed by atoms with van der Waals surface area (Å²) in [4.78, 5) is 0.350. The van der Waals surface area contributed by atoms with Gasteiger partial charge in [-0.15, -0.1) is 0 Å². The first-order valence-corrected chi connectivity index (χ1v) is 4.57. The van der Waals surface area contributed by atoms with E-state index in [1.165, 1.54) is 7.05 Å². The first-order valence-electron chi connectivity index (χ1n) is 3.09. The van der Waals surface area contributed by atoms with Crippen LogP contribution >= 0.6 is 0 Å². The molecular weight excluding hydrogens is 162 g/mol. The third-order valence-corrected chi connectivity index (χ3v) is 2.68. The highest BCUT2D eigenvalue weighted by Gasteiger charge is 2.03. The number of rotatable bonds is 1. The lowest BCUT2D eigenvalue weighted by molar-refractivity contribution is 0.551. The van der Waals surface area contributed by atoms with Gasteiger partial charge >= 0.3 is 0 Å². The second kappa shape index (κ2) is 3.02. The molecule has 1 N–H and O–H groups in total. The SMILES string of the molecule is CN=S(=O)(O)c1ccccc1. The molecule has 0 aliphatic heterocycles. The molecule has 0 amide bonds. The highest BCUT2D eigenvalue weighted by atomic mass is 32.2. The maximum absolute atomic E-state index is 11.1. The van der Waals surface area contributed by atoms with Crippen molar-refractivity contribution in [2.75, 3.05) is 7.05 Å². The summed E-state index contributed by atoms with van der Waals surface area (Å²) >= 11 is 0. The molecular formula is C7H9NO2S. The largest absolute Gasteiger partial charge is 0.297 e. The molecule has 11 heavy (non-hydrogen) atoms. The van der Waals surface area contributed by atoms with Crippen molar-refractivity contribution in [3.63, 3.8) is 0 Å². The van der Waals surface area contributed by atoms with Crippen LogP contribution in [0.2, 0.25) is 0 Å². The lowest BCUT2D eigenvalue weighted by atomic mass is 10.4. The Kier molecular flexibility index (Phi) is 2.26. The Bertz CT molecular complexity index is 339. The van der Waals surface area contributed by atoms with E-state index in [0.717, 1.165) is 0 Å². The third kappa shape index (κ3) is 1.78. The smallest absolute Gasteiger partial charge is 0.190 e. The molecule has 1 aromatic rings. The molecule has 1 atom stereocenters. The average molecular weight is 171 g/mol. The fourth-order valence-electron chi connectivity index (χ4n) is 0.703. The van der Waals surface area contributed by atoms with Crippen LogP contribution in [-0.4, -0.2) is 15.8 Å². The molecule has 0 aliphatic carbocycles. The summed E-state index contributed by atoms with van der Waals surface area (Å²) < 4.78 is 23.7. The molecule has 0 saturated heterocycles. The second-order valence-corrected chi connectivity index (χ2v) is 3.82. The van der Waals surface area contributed by atoms with E-state index >= 15 is 0 Å². The van der Waals surface area contributed by atoms with Crippen molar-refractivity contribution < 1.29 is 8.76 Å². The Balaban J connectivity index is 3.25. The summed E-state index contributed by atoms with van der Waals surface area (Å²) in [7, 11) is -1.79. The van der Waals surface area contributed by atoms with Crippen molar-refractivity contribution in [1.82, 2.24) is 0 Å². The molecule has 4 heteroatoms. The number of nitrogens with zero attached hydrogens (tertiary/aromatic N) is 1. The Morgan fingerprint density at radius 1 is 1.36 bits per heavy atom. The Labute approximate surface area is 66.1 Å². The predicted molar refractivity (Wildman–Crippen MR) is 43.8 cm³/mol. The van der Waals surface area contributed by atoms with Crippen molar-refractivity contribution in [3.8, 4) is 0 Å². The summed E-state index contributed by atoms with van der Waals surface area (Å²) in [5.41, 5.74) is 0. The quantitative estimate of drug-likeness (QED) is 0.698. The molecule has 0 saturated carbocycles. The van der Waals surface area contributed by atoms with Gasteiger partial charge in [-0.25, -0.2) is 8.57 Å². The molecule has 0 aromatic heterocycles. The second-order valence-electron chi connectivity index (χ2n) is 1.99. The minimum atomic E-state index is -3.12. The fraction of sp³-hybridized carbons (Fsp3) is 0.143. The summed E-state index contributed by atoms with van der Waals surface area (Å²) in [6.07, 6.45) is 0. The molecule has 0 heterocycles. The monoisotopic (exact) mass is 171 g/mol. The van der Waals surface area contributed by atoms with Gasteiger partial charge < -0.3 is 0 Å². The van der Waals surface area contributed by atoms with Crippen LogP contribution in [-0.2, 0) is 10.0 Å². The molecule has 1 rings (SSSR count). The molecule has 0 aliphatic rings. The van der Waals surface area contributed by atoms with Gasteiger partial charge in [-0.3, -0.25) is 4.55 Å². The molecule has 1 aromatic carbocycles. The normalized spacial score (nSPS) is 15.5. The van der Waals surface area contributed by atoms with Gasteiger partial charge in [-0.1, -0.05) is 18.2 Å². The van der Waals surface area contributed by atoms with Gasteiger partial charge in [0, 0.05) is 7.05 Å². The van der Waals surface area contributed by atoms with E-state index in [-0.39, 0.29) is 0 Å². The van der Waals surface area contributed by atoms with Gasteiger partial charge in [0.05, 0.1) is 4.90 Å². The summed E-state index contributed by atoms with van der Waals surface area (Å²) in [6.45, 7) is 0. The molecule has 0 bridgehead atoms. The zero-order valence-corrected chi connectivity index (χ0v) is 6.91. The maximum Gasteiger partial charge on any atom is 0.190 e. The predicted octanol–water partition coefficient (Wildman–Crippen LogP) is 1.62. The van der Waals surface area contributed by atoms with Crippen molar-refractivity contribution in [2.45, 2.75) is 4.90 Å². The van der Waals surface area contributed by atoms with Crippen molar-refractivity contribution >= 4 is 10.0 Å². The average Bonchev–Trinajstić information content (AvgIpc) is 2.06. The molecule has 0 spiro atoms. The Hall–Kier alpha value is -0.870. The number of hydrogen-bond donors (Lipinski definition) is 1. The summed E-state index contributed by atoms with van der Waals surface area (Å²) in [5.74, 6) is 0. The van der Waals surface area contributed by atoms with Crippen LogP contribution in [0.4, 0.5) is 0 Å². The highest BCUT2D eigenvalue weighted by molar-refractivity contribution is 7.88. The van der Waals surface area contributed by atoms with Crippen LogP contribution in [0, 0.1) is 0 Å². The highest BCUT2D eigenvalue weighted by Crippen LogP contribution is 2.08. The first kappa shape index (κ1) is 8.23. The number of hydrogen-bond acceptors (Lipinski definition) is 2. The van der Waals surface area contributed by atoms with E-state index in [1.807, 2.05) is 0 Å². The standard InChI is InChI=1S/C7H9NO2S/c1-8-11(9,10)7-5-3-2-4-6-7/h2-6H,1H3,(H,8,9,10). The van der Waals surface area contributed by atoms with Crippen molar-refractivity contribution in [1.29, 1.82) is 0 Å². The Morgan fingerprint density at radius 2 is 1.91 bits per heavy atom. The number of benzene rings is 1. The molecule has 3 nitrogen and oxygen atoms in total. The lowest BCUT2D eigenvalue weighted by Crippen LogP contribution is -1.96. The maximum atomic E-state index is 11.1. The molecule has 60 valence electrons. The topological polar surface area (TPSA) is 49.7 Å². The van der Waals surface area contributed by atoms with Crippen LogP contribution in [0.1, 0.15) is 0 Å². The van der Waals surface area contributed by atoms with Crippen LogP contribution in [0.3, 0.4) is 0 Å². The van der Waals surface area contributed by atoms with Crippen molar-refractivity contribution in [2.24, 2.45) is 4.36 Å². The van der Waals surface area contributed by atoms with Crippen LogP contribution in [0.5, 0.6) is 0 Å². The van der Waals surface area contributed by atoms with E-state index in [0.29, 0.717) is 4.90 Å². The minimum Gasteiger partial charge on any atom is -0.297 e. The van der Waals surface area contributed by atoms with Gasteiger partial charge in [0.15, 0.2) is 10.0 Å². The van der Waals surface area contributed by atoms with E-state index in [9.17, 15) is 4.21 Å². The van der Waals surface area contributed by atoms with Gasteiger partial charge in [0.25, 0.3) is 0 Å². The van der Waals surface area contributed by atoms with Gasteiger partial charge in [0.1, 0.15) is 0 Å². The van der Waals surface area contributed by atoms with Crippen molar-refractivity contribution in [3.05, 3.63) is 30.3 Å². The van der Waals surface area contributed by atoms with Crippen LogP contribution in [0.25, 0.3) is 0 Å². The zero-order chi connectivity index (χ0) is 8.32. The van der Waals surface area contributed by atoms with Crippen LogP contribution in [0.15, 0.2) is 39.6 Å². The molecule has 1 unspecified atom stereocenters. The third-order valence-electron chi connectivity index (χ3n) is 1.30. The summed E-state index contributed by atoms with van der Waals surface area (Å²) in [6, 6.07) is 8.35. The lowest BCUT2D eigenvalue weighted by Gasteiger charge is -1.98. The van der Waals surface area contributed by atoms with Gasteiger partial charge in [0.2, 0.25) is 0 Å².